The summed E-state index contributed by atoms with van der Waals surface area (Å²) in [7, 11) is 1.31. The smallest absolute Gasteiger partial charge is 0.347 e. The molecule has 0 atom stereocenters. The Morgan fingerprint density at radius 3 is 2.76 bits per heavy atom. The number of hydrogen-bond donors (Lipinski definition) is 1. The minimum absolute atomic E-state index is 0.385. The number of anilines is 1. The number of methoxy groups -OCH3 is 1. The van der Waals surface area contributed by atoms with Gasteiger partial charge in [-0.05, 0) is 30.0 Å². The summed E-state index contributed by atoms with van der Waals surface area (Å²) in [5, 5.41) is 7.98. The summed E-state index contributed by atoms with van der Waals surface area (Å²) >= 11 is 1.41. The molecular formula is C19H19NO4S. The number of benzene rings is 1. The normalized spacial score (nSPS) is 11.5. The van der Waals surface area contributed by atoms with Gasteiger partial charge < -0.3 is 14.5 Å². The van der Waals surface area contributed by atoms with Crippen LogP contribution in [0.4, 0.5) is 5.00 Å². The lowest BCUT2D eigenvalue weighted by Crippen LogP contribution is -2.03. The van der Waals surface area contributed by atoms with E-state index < -0.39 is 5.97 Å². The molecule has 0 bridgehead atoms. The van der Waals surface area contributed by atoms with Crippen molar-refractivity contribution in [3.05, 3.63) is 51.3 Å². The molecule has 5 nitrogen and oxygen atoms in total. The number of aryl methyl sites for hydroxylation is 2. The quantitative estimate of drug-likeness (QED) is 0.420. The van der Waals surface area contributed by atoms with E-state index in [-0.39, 0.29) is 5.63 Å². The van der Waals surface area contributed by atoms with Crippen LogP contribution < -0.4 is 10.9 Å². The van der Waals surface area contributed by atoms with Gasteiger partial charge in [-0.2, -0.15) is 0 Å². The van der Waals surface area contributed by atoms with Crippen molar-refractivity contribution in [1.82, 2.24) is 0 Å². The number of esters is 1. The van der Waals surface area contributed by atoms with Gasteiger partial charge in [-0.1, -0.05) is 19.9 Å². The van der Waals surface area contributed by atoms with Gasteiger partial charge >= 0.3 is 11.6 Å². The van der Waals surface area contributed by atoms with Crippen LogP contribution in [0.1, 0.15) is 25.0 Å². The number of thiophene rings is 1. The highest BCUT2D eigenvalue weighted by Gasteiger charge is 2.17. The predicted octanol–water partition coefficient (Wildman–Crippen LogP) is 4.23. The third-order valence-electron chi connectivity index (χ3n) is 4.21. The molecule has 0 aliphatic carbocycles. The molecule has 3 aromatic rings. The highest BCUT2D eigenvalue weighted by molar-refractivity contribution is 7.16. The van der Waals surface area contributed by atoms with Gasteiger partial charge in [0, 0.05) is 28.4 Å². The van der Waals surface area contributed by atoms with Crippen molar-refractivity contribution in [3.8, 4) is 0 Å². The van der Waals surface area contributed by atoms with Gasteiger partial charge in [-0.25, -0.2) is 9.59 Å². The molecule has 0 spiro atoms. The van der Waals surface area contributed by atoms with Crippen LogP contribution in [0.15, 0.2) is 39.0 Å². The lowest BCUT2D eigenvalue weighted by molar-refractivity contribution is -0.134. The van der Waals surface area contributed by atoms with E-state index in [4.69, 9.17) is 4.42 Å². The standard InChI is InChI=1S/C19H19NO4S/c1-4-11-6-7-14-16(12(11)5-2)13-10-25-18(17(13)19(22)24-14)20-9-8-15(21)23-3/h6-10,20H,4-5H2,1-3H3/b9-8+. The first-order chi connectivity index (χ1) is 12.1. The lowest BCUT2D eigenvalue weighted by atomic mass is 9.96. The van der Waals surface area contributed by atoms with Crippen LogP contribution in [0.2, 0.25) is 0 Å². The molecule has 25 heavy (non-hydrogen) atoms. The molecule has 3 rings (SSSR count). The molecule has 1 aromatic carbocycles. The monoisotopic (exact) mass is 357 g/mol. The summed E-state index contributed by atoms with van der Waals surface area (Å²) < 4.78 is 10.1. The van der Waals surface area contributed by atoms with Crippen molar-refractivity contribution in [2.45, 2.75) is 26.7 Å². The van der Waals surface area contributed by atoms with Gasteiger partial charge in [0.05, 0.1) is 7.11 Å². The largest absolute Gasteiger partial charge is 0.466 e. The van der Waals surface area contributed by atoms with E-state index in [1.54, 1.807) is 0 Å². The number of carbonyl (C=O) groups is 1. The second-order valence-corrected chi connectivity index (χ2v) is 6.41. The number of rotatable bonds is 5. The Kier molecular flexibility index (Phi) is 4.90. The van der Waals surface area contributed by atoms with Crippen molar-refractivity contribution in [2.75, 3.05) is 12.4 Å². The average molecular weight is 357 g/mol. The molecule has 0 amide bonds. The summed E-state index contributed by atoms with van der Waals surface area (Å²) in [4.78, 5) is 23.6. The fourth-order valence-corrected chi connectivity index (χ4v) is 3.96. The van der Waals surface area contributed by atoms with Gasteiger partial charge in [-0.15, -0.1) is 11.3 Å². The summed E-state index contributed by atoms with van der Waals surface area (Å²) in [6.07, 6.45) is 4.52. The molecule has 2 heterocycles. The van der Waals surface area contributed by atoms with Gasteiger partial charge in [0.2, 0.25) is 0 Å². The first kappa shape index (κ1) is 17.2. The minimum Gasteiger partial charge on any atom is -0.466 e. The molecule has 0 saturated heterocycles. The van der Waals surface area contributed by atoms with Crippen LogP contribution in [0.3, 0.4) is 0 Å². The van der Waals surface area contributed by atoms with E-state index in [0.717, 1.165) is 23.6 Å². The zero-order valence-electron chi connectivity index (χ0n) is 14.3. The Labute approximate surface area is 148 Å². The summed E-state index contributed by atoms with van der Waals surface area (Å²) in [6, 6.07) is 3.90. The number of fused-ring (bicyclic) bond motifs is 3. The van der Waals surface area contributed by atoms with Crippen LogP contribution in [-0.2, 0) is 22.4 Å². The highest BCUT2D eigenvalue weighted by atomic mass is 32.1. The SMILES string of the molecule is CCc1ccc2oc(=O)c3c(N/C=C/C(=O)OC)scc3c2c1CC. The molecule has 130 valence electrons. The van der Waals surface area contributed by atoms with Crippen molar-refractivity contribution >= 4 is 44.0 Å². The Morgan fingerprint density at radius 1 is 1.28 bits per heavy atom. The van der Waals surface area contributed by atoms with Crippen LogP contribution >= 0.6 is 11.3 Å². The topological polar surface area (TPSA) is 68.5 Å². The van der Waals surface area contributed by atoms with Crippen LogP contribution in [0.5, 0.6) is 0 Å². The Hall–Kier alpha value is -2.60. The van der Waals surface area contributed by atoms with E-state index in [2.05, 4.69) is 23.9 Å². The van der Waals surface area contributed by atoms with E-state index in [1.807, 2.05) is 17.5 Å². The van der Waals surface area contributed by atoms with Crippen molar-refractivity contribution in [1.29, 1.82) is 0 Å². The third-order valence-corrected chi connectivity index (χ3v) is 5.12. The zero-order valence-corrected chi connectivity index (χ0v) is 15.2. The molecular weight excluding hydrogens is 338 g/mol. The molecule has 0 fully saturated rings. The second-order valence-electron chi connectivity index (χ2n) is 5.53. The molecule has 6 heteroatoms. The van der Waals surface area contributed by atoms with Crippen LogP contribution in [0, 0.1) is 0 Å². The van der Waals surface area contributed by atoms with Crippen LogP contribution in [0.25, 0.3) is 21.7 Å². The number of ether oxygens (including phenoxy) is 1. The van der Waals surface area contributed by atoms with Crippen molar-refractivity contribution in [2.24, 2.45) is 0 Å². The van der Waals surface area contributed by atoms with E-state index in [9.17, 15) is 9.59 Å². The summed E-state index contributed by atoms with van der Waals surface area (Å²) in [5.41, 5.74) is 2.70. The Morgan fingerprint density at radius 2 is 2.08 bits per heavy atom. The molecule has 0 radical (unpaired) electrons. The first-order valence-electron chi connectivity index (χ1n) is 8.10. The number of nitrogens with one attached hydrogen (secondary N) is 1. The third kappa shape index (κ3) is 3.05. The van der Waals surface area contributed by atoms with E-state index >= 15 is 0 Å². The zero-order chi connectivity index (χ0) is 18.0. The Balaban J connectivity index is 2.21. The maximum atomic E-state index is 12.5. The summed E-state index contributed by atoms with van der Waals surface area (Å²) in [5.74, 6) is -0.466. The maximum absolute atomic E-state index is 12.5. The van der Waals surface area contributed by atoms with Gasteiger partial charge in [0.1, 0.15) is 16.0 Å². The van der Waals surface area contributed by atoms with E-state index in [1.165, 1.54) is 41.8 Å². The number of carbonyl (C=O) groups excluding carboxylic acids is 1. The van der Waals surface area contributed by atoms with Crippen molar-refractivity contribution < 1.29 is 13.9 Å². The molecule has 0 unspecified atom stereocenters. The molecule has 0 saturated carbocycles. The molecule has 0 aliphatic heterocycles. The molecule has 2 aromatic heterocycles. The lowest BCUT2D eigenvalue weighted by Gasteiger charge is -2.10. The summed E-state index contributed by atoms with van der Waals surface area (Å²) in [6.45, 7) is 4.23. The second kappa shape index (κ2) is 7.11. The fraction of sp³-hybridized carbons (Fsp3) is 0.263. The molecule has 1 N–H and O–H groups in total. The highest BCUT2D eigenvalue weighted by Crippen LogP contribution is 2.36. The predicted molar refractivity (Wildman–Crippen MR) is 101 cm³/mol. The van der Waals surface area contributed by atoms with E-state index in [0.29, 0.717) is 16.0 Å². The average Bonchev–Trinajstić information content (AvgIpc) is 3.05. The molecule has 0 aliphatic rings. The first-order valence-corrected chi connectivity index (χ1v) is 8.98. The Bertz CT molecular complexity index is 1030. The minimum atomic E-state index is -0.466. The van der Waals surface area contributed by atoms with Crippen molar-refractivity contribution in [3.63, 3.8) is 0 Å². The van der Waals surface area contributed by atoms with Gasteiger partial charge in [0.15, 0.2) is 0 Å². The maximum Gasteiger partial charge on any atom is 0.347 e. The number of hydrogen-bond acceptors (Lipinski definition) is 6. The van der Waals surface area contributed by atoms with Gasteiger partial charge in [0.25, 0.3) is 0 Å². The fourth-order valence-electron chi connectivity index (χ4n) is 3.04. The van der Waals surface area contributed by atoms with Gasteiger partial charge in [-0.3, -0.25) is 0 Å². The van der Waals surface area contributed by atoms with Crippen LogP contribution in [-0.4, -0.2) is 13.1 Å².